The fourth-order valence-corrected chi connectivity index (χ4v) is 3.80. The number of nitriles is 1. The molecule has 0 amide bonds. The molecule has 0 aliphatic carbocycles. The maximum atomic E-state index is 12.3. The molecule has 0 rings (SSSR count). The lowest BCUT2D eigenvalue weighted by atomic mass is 10.1. The lowest BCUT2D eigenvalue weighted by molar-refractivity contribution is 0.520. The minimum Gasteiger partial charge on any atom is -0.215 e. The van der Waals surface area contributed by atoms with E-state index in [1.165, 1.54) is 12.8 Å². The average molecular weight is 302 g/mol. The minimum atomic E-state index is -3.22. The first kappa shape index (κ1) is 19.4. The van der Waals surface area contributed by atoms with Crippen LogP contribution in [-0.2, 0) is 10.0 Å². The summed E-state index contributed by atoms with van der Waals surface area (Å²) in [5.41, 5.74) is 0. The summed E-state index contributed by atoms with van der Waals surface area (Å²) in [6, 6.07) is 2.03. The van der Waals surface area contributed by atoms with Crippen molar-refractivity contribution in [2.75, 3.05) is 6.54 Å². The number of sulfonamides is 1. The van der Waals surface area contributed by atoms with E-state index in [1.54, 1.807) is 0 Å². The van der Waals surface area contributed by atoms with Gasteiger partial charge in [-0.3, -0.25) is 0 Å². The van der Waals surface area contributed by atoms with Gasteiger partial charge in [0.2, 0.25) is 10.0 Å². The van der Waals surface area contributed by atoms with Crippen LogP contribution in [0.15, 0.2) is 0 Å². The molecule has 0 saturated heterocycles. The highest BCUT2D eigenvalue weighted by molar-refractivity contribution is 7.90. The lowest BCUT2D eigenvalue weighted by Crippen LogP contribution is -2.35. The Morgan fingerprint density at radius 3 is 2.25 bits per heavy atom. The van der Waals surface area contributed by atoms with Crippen molar-refractivity contribution in [3.63, 3.8) is 0 Å². The summed E-state index contributed by atoms with van der Waals surface area (Å²) >= 11 is 0. The Balaban J connectivity index is 4.29. The first-order chi connectivity index (χ1) is 9.58. The molecule has 118 valence electrons. The van der Waals surface area contributed by atoms with Crippen LogP contribution in [-0.4, -0.2) is 20.2 Å². The third kappa shape index (κ3) is 9.33. The summed E-state index contributed by atoms with van der Waals surface area (Å²) in [5, 5.41) is 8.20. The molecule has 0 heterocycles. The second-order valence-corrected chi connectivity index (χ2v) is 7.36. The van der Waals surface area contributed by atoms with E-state index in [-0.39, 0.29) is 5.25 Å². The molecule has 4 nitrogen and oxygen atoms in total. The molecule has 0 aliphatic rings. The van der Waals surface area contributed by atoms with Crippen molar-refractivity contribution in [2.45, 2.75) is 83.3 Å². The van der Waals surface area contributed by atoms with Crippen LogP contribution in [0.1, 0.15) is 78.1 Å². The standard InChI is InChI=1S/C15H30N2O2S/c1-3-5-7-8-12-15(11-6-4-2)20(18,19)17-14-10-9-13-16/h15,17H,3-12,14H2,1-2H3. The van der Waals surface area contributed by atoms with Crippen LogP contribution >= 0.6 is 0 Å². The summed E-state index contributed by atoms with van der Waals surface area (Å²) in [7, 11) is -3.22. The number of rotatable bonds is 13. The Morgan fingerprint density at radius 1 is 1.00 bits per heavy atom. The van der Waals surface area contributed by atoms with Crippen molar-refractivity contribution < 1.29 is 8.42 Å². The molecule has 0 spiro atoms. The first-order valence-electron chi connectivity index (χ1n) is 7.93. The number of nitrogens with one attached hydrogen (secondary N) is 1. The van der Waals surface area contributed by atoms with Gasteiger partial charge < -0.3 is 0 Å². The van der Waals surface area contributed by atoms with Crippen LogP contribution in [0, 0.1) is 11.3 Å². The highest BCUT2D eigenvalue weighted by Crippen LogP contribution is 2.17. The van der Waals surface area contributed by atoms with Crippen molar-refractivity contribution in [1.82, 2.24) is 4.72 Å². The summed E-state index contributed by atoms with van der Waals surface area (Å²) in [6.07, 6.45) is 8.92. The molecule has 0 bridgehead atoms. The van der Waals surface area contributed by atoms with E-state index in [0.29, 0.717) is 19.4 Å². The molecule has 20 heavy (non-hydrogen) atoms. The molecule has 0 aliphatic heterocycles. The van der Waals surface area contributed by atoms with E-state index >= 15 is 0 Å². The zero-order valence-electron chi connectivity index (χ0n) is 13.0. The van der Waals surface area contributed by atoms with E-state index in [4.69, 9.17) is 5.26 Å². The second kappa shape index (κ2) is 12.2. The predicted molar refractivity (Wildman–Crippen MR) is 83.8 cm³/mol. The van der Waals surface area contributed by atoms with Gasteiger partial charge in [0.1, 0.15) is 0 Å². The smallest absolute Gasteiger partial charge is 0.214 e. The molecule has 5 heteroatoms. The summed E-state index contributed by atoms with van der Waals surface area (Å²) < 4.78 is 27.2. The molecule has 1 N–H and O–H groups in total. The van der Waals surface area contributed by atoms with Gasteiger partial charge in [-0.15, -0.1) is 0 Å². The van der Waals surface area contributed by atoms with E-state index in [9.17, 15) is 8.42 Å². The fraction of sp³-hybridized carbons (Fsp3) is 0.933. The van der Waals surface area contributed by atoms with Gasteiger partial charge in [0, 0.05) is 13.0 Å². The molecule has 1 atom stereocenters. The maximum Gasteiger partial charge on any atom is 0.214 e. The van der Waals surface area contributed by atoms with Gasteiger partial charge in [-0.05, 0) is 19.3 Å². The van der Waals surface area contributed by atoms with Crippen LogP contribution in [0.3, 0.4) is 0 Å². The minimum absolute atomic E-state index is 0.263. The van der Waals surface area contributed by atoms with E-state index in [1.807, 2.05) is 6.07 Å². The molecule has 0 aromatic rings. The molecular formula is C15H30N2O2S. The van der Waals surface area contributed by atoms with Gasteiger partial charge in [0.25, 0.3) is 0 Å². The van der Waals surface area contributed by atoms with Gasteiger partial charge in [0.05, 0.1) is 11.3 Å². The maximum absolute atomic E-state index is 12.3. The normalized spacial score (nSPS) is 13.1. The summed E-state index contributed by atoms with van der Waals surface area (Å²) in [5.74, 6) is 0. The van der Waals surface area contributed by atoms with E-state index < -0.39 is 10.0 Å². The number of unbranched alkanes of at least 4 members (excludes halogenated alkanes) is 5. The molecule has 1 unspecified atom stereocenters. The number of nitrogens with zero attached hydrogens (tertiary/aromatic N) is 1. The molecule has 0 aromatic heterocycles. The van der Waals surface area contributed by atoms with Crippen molar-refractivity contribution in [3.05, 3.63) is 0 Å². The van der Waals surface area contributed by atoms with Gasteiger partial charge >= 0.3 is 0 Å². The van der Waals surface area contributed by atoms with Crippen LogP contribution in [0.25, 0.3) is 0 Å². The molecule has 0 radical (unpaired) electrons. The summed E-state index contributed by atoms with van der Waals surface area (Å²) in [4.78, 5) is 0. The van der Waals surface area contributed by atoms with Crippen LogP contribution in [0.5, 0.6) is 0 Å². The van der Waals surface area contributed by atoms with Crippen LogP contribution in [0.4, 0.5) is 0 Å². The van der Waals surface area contributed by atoms with Gasteiger partial charge in [-0.25, -0.2) is 13.1 Å². The van der Waals surface area contributed by atoms with Gasteiger partial charge in [-0.1, -0.05) is 52.4 Å². The molecule has 0 saturated carbocycles. The fourth-order valence-electron chi connectivity index (χ4n) is 2.18. The van der Waals surface area contributed by atoms with Gasteiger partial charge in [0.15, 0.2) is 0 Å². The van der Waals surface area contributed by atoms with Crippen LogP contribution < -0.4 is 4.72 Å². The Kier molecular flexibility index (Phi) is 11.8. The Labute approximate surface area is 125 Å². The molecular weight excluding hydrogens is 272 g/mol. The summed E-state index contributed by atoms with van der Waals surface area (Å²) in [6.45, 7) is 4.62. The SMILES string of the molecule is CCCCCCC(CCCC)S(=O)(=O)NCCCC#N. The zero-order valence-corrected chi connectivity index (χ0v) is 13.8. The largest absolute Gasteiger partial charge is 0.215 e. The van der Waals surface area contributed by atoms with Crippen molar-refractivity contribution in [3.8, 4) is 6.07 Å². The average Bonchev–Trinajstić information content (AvgIpc) is 2.42. The molecule has 0 aromatic carbocycles. The van der Waals surface area contributed by atoms with Gasteiger partial charge in [-0.2, -0.15) is 5.26 Å². The Hall–Kier alpha value is -0.600. The monoisotopic (exact) mass is 302 g/mol. The number of hydrogen-bond acceptors (Lipinski definition) is 3. The van der Waals surface area contributed by atoms with E-state index in [0.717, 1.165) is 38.5 Å². The quantitative estimate of drug-likeness (QED) is 0.527. The van der Waals surface area contributed by atoms with E-state index in [2.05, 4.69) is 18.6 Å². The second-order valence-electron chi connectivity index (χ2n) is 5.31. The third-order valence-corrected chi connectivity index (χ3v) is 5.42. The topological polar surface area (TPSA) is 70.0 Å². The zero-order chi connectivity index (χ0) is 15.3. The Morgan fingerprint density at radius 2 is 1.65 bits per heavy atom. The van der Waals surface area contributed by atoms with Crippen LogP contribution in [0.2, 0.25) is 0 Å². The first-order valence-corrected chi connectivity index (χ1v) is 9.48. The predicted octanol–water partition coefficient (Wildman–Crippen LogP) is 3.74. The third-order valence-electron chi connectivity index (χ3n) is 3.47. The van der Waals surface area contributed by atoms with Crippen molar-refractivity contribution in [1.29, 1.82) is 5.26 Å². The van der Waals surface area contributed by atoms with Crippen molar-refractivity contribution in [2.24, 2.45) is 0 Å². The highest BCUT2D eigenvalue weighted by atomic mass is 32.2. The highest BCUT2D eigenvalue weighted by Gasteiger charge is 2.23. The Bertz CT molecular complexity index is 361. The van der Waals surface area contributed by atoms with Crippen molar-refractivity contribution >= 4 is 10.0 Å². The molecule has 0 fully saturated rings. The lowest BCUT2D eigenvalue weighted by Gasteiger charge is -2.18. The number of hydrogen-bond donors (Lipinski definition) is 1.